The molecule has 0 fully saturated rings. The van der Waals surface area contributed by atoms with Gasteiger partial charge in [0.1, 0.15) is 18.5 Å². The zero-order chi connectivity index (χ0) is 15.1. The summed E-state index contributed by atoms with van der Waals surface area (Å²) in [5.74, 6) is 0.798. The molecule has 0 bridgehead atoms. The van der Waals surface area contributed by atoms with Gasteiger partial charge < -0.3 is 15.2 Å². The normalized spacial score (nSPS) is 12.3. The van der Waals surface area contributed by atoms with Crippen LogP contribution < -0.4 is 10.1 Å². The molecule has 2 rings (SSSR count). The van der Waals surface area contributed by atoms with Crippen molar-refractivity contribution in [1.82, 2.24) is 5.32 Å². The van der Waals surface area contributed by atoms with Gasteiger partial charge in [0, 0.05) is 22.4 Å². The summed E-state index contributed by atoms with van der Waals surface area (Å²) < 4.78 is 6.69. The lowest BCUT2D eigenvalue weighted by molar-refractivity contribution is 0.106. The summed E-state index contributed by atoms with van der Waals surface area (Å²) in [6, 6.07) is 10.0. The average molecular weight is 370 g/mol. The van der Waals surface area contributed by atoms with Gasteiger partial charge in [-0.25, -0.2) is 0 Å². The molecule has 0 aliphatic heterocycles. The number of thiophene rings is 1. The van der Waals surface area contributed by atoms with Crippen molar-refractivity contribution in [2.24, 2.45) is 0 Å². The minimum Gasteiger partial charge on any atom is -0.491 e. The largest absolute Gasteiger partial charge is 0.491 e. The second-order valence-corrected chi connectivity index (χ2v) is 6.64. The van der Waals surface area contributed by atoms with Gasteiger partial charge in [-0.05, 0) is 51.5 Å². The molecule has 0 saturated heterocycles. The van der Waals surface area contributed by atoms with Crippen LogP contribution in [0.15, 0.2) is 40.2 Å². The van der Waals surface area contributed by atoms with Gasteiger partial charge in [-0.2, -0.15) is 0 Å². The summed E-state index contributed by atoms with van der Waals surface area (Å²) in [5.41, 5.74) is 1.28. The molecule has 1 heterocycles. The number of aryl methyl sites for hydroxylation is 1. The maximum atomic E-state index is 9.91. The summed E-state index contributed by atoms with van der Waals surface area (Å²) in [6.07, 6.45) is 0.500. The molecule has 1 aromatic heterocycles. The molecular formula is C16H20BrNO2S. The Kier molecular flexibility index (Phi) is 6.70. The van der Waals surface area contributed by atoms with E-state index in [1.807, 2.05) is 35.7 Å². The van der Waals surface area contributed by atoms with E-state index in [0.29, 0.717) is 13.2 Å². The SMILES string of the molecule is CCc1ccc(OCC(O)CNCc2sccc2Br)cc1. The van der Waals surface area contributed by atoms with Crippen molar-refractivity contribution >= 4 is 27.3 Å². The standard InChI is InChI=1S/C16H20BrNO2S/c1-2-12-3-5-14(6-4-12)20-11-13(19)9-18-10-16-15(17)7-8-21-16/h3-8,13,18-19H,2,9-11H2,1H3. The first-order valence-electron chi connectivity index (χ1n) is 7.01. The fourth-order valence-electron chi connectivity index (χ4n) is 1.88. The number of benzene rings is 1. The third-order valence-corrected chi connectivity index (χ3v) is 5.06. The Morgan fingerprint density at radius 3 is 2.67 bits per heavy atom. The van der Waals surface area contributed by atoms with Crippen LogP contribution in [0.5, 0.6) is 5.75 Å². The highest BCUT2D eigenvalue weighted by molar-refractivity contribution is 9.10. The molecule has 0 radical (unpaired) electrons. The van der Waals surface area contributed by atoms with E-state index in [1.54, 1.807) is 11.3 Å². The molecule has 114 valence electrons. The number of hydrogen-bond acceptors (Lipinski definition) is 4. The van der Waals surface area contributed by atoms with Crippen molar-refractivity contribution in [2.75, 3.05) is 13.2 Å². The number of rotatable bonds is 8. The van der Waals surface area contributed by atoms with Crippen LogP contribution in [0.3, 0.4) is 0 Å². The highest BCUT2D eigenvalue weighted by Gasteiger charge is 2.06. The predicted molar refractivity (Wildman–Crippen MR) is 91.0 cm³/mol. The molecule has 0 spiro atoms. The molecular weight excluding hydrogens is 350 g/mol. The van der Waals surface area contributed by atoms with E-state index in [9.17, 15) is 5.11 Å². The van der Waals surface area contributed by atoms with Crippen molar-refractivity contribution in [1.29, 1.82) is 0 Å². The van der Waals surface area contributed by atoms with E-state index in [2.05, 4.69) is 28.2 Å². The lowest BCUT2D eigenvalue weighted by Gasteiger charge is -2.13. The molecule has 0 aliphatic rings. The second-order valence-electron chi connectivity index (χ2n) is 4.78. The first kappa shape index (κ1) is 16.5. The monoisotopic (exact) mass is 369 g/mol. The molecule has 5 heteroatoms. The highest BCUT2D eigenvalue weighted by atomic mass is 79.9. The minimum absolute atomic E-state index is 0.296. The van der Waals surface area contributed by atoms with Crippen LogP contribution in [-0.2, 0) is 13.0 Å². The molecule has 1 aromatic carbocycles. The van der Waals surface area contributed by atoms with Crippen LogP contribution in [-0.4, -0.2) is 24.4 Å². The first-order chi connectivity index (χ1) is 10.2. The zero-order valence-corrected chi connectivity index (χ0v) is 14.4. The maximum Gasteiger partial charge on any atom is 0.119 e. The van der Waals surface area contributed by atoms with E-state index in [4.69, 9.17) is 4.74 Å². The summed E-state index contributed by atoms with van der Waals surface area (Å²) in [7, 11) is 0. The number of aliphatic hydroxyl groups excluding tert-OH is 1. The predicted octanol–water partition coefficient (Wildman–Crippen LogP) is 3.60. The average Bonchev–Trinajstić information content (AvgIpc) is 2.91. The van der Waals surface area contributed by atoms with E-state index in [1.165, 1.54) is 10.4 Å². The quantitative estimate of drug-likeness (QED) is 0.746. The topological polar surface area (TPSA) is 41.5 Å². The Labute approximate surface area is 138 Å². The van der Waals surface area contributed by atoms with Crippen LogP contribution in [0.2, 0.25) is 0 Å². The Morgan fingerprint density at radius 2 is 2.05 bits per heavy atom. The van der Waals surface area contributed by atoms with Crippen LogP contribution in [0.1, 0.15) is 17.4 Å². The number of nitrogens with one attached hydrogen (secondary N) is 1. The third kappa shape index (κ3) is 5.43. The number of hydrogen-bond donors (Lipinski definition) is 2. The molecule has 0 saturated carbocycles. The van der Waals surface area contributed by atoms with Gasteiger partial charge in [0.2, 0.25) is 0 Å². The van der Waals surface area contributed by atoms with Crippen LogP contribution in [0.25, 0.3) is 0 Å². The molecule has 3 nitrogen and oxygen atoms in total. The van der Waals surface area contributed by atoms with E-state index >= 15 is 0 Å². The van der Waals surface area contributed by atoms with Crippen molar-refractivity contribution in [2.45, 2.75) is 26.0 Å². The van der Waals surface area contributed by atoms with Crippen molar-refractivity contribution in [3.8, 4) is 5.75 Å². The number of halogens is 1. The third-order valence-electron chi connectivity index (χ3n) is 3.13. The number of ether oxygens (including phenoxy) is 1. The zero-order valence-electron chi connectivity index (χ0n) is 12.0. The van der Waals surface area contributed by atoms with Crippen LogP contribution in [0, 0.1) is 0 Å². The van der Waals surface area contributed by atoms with Crippen molar-refractivity contribution in [3.05, 3.63) is 50.6 Å². The highest BCUT2D eigenvalue weighted by Crippen LogP contribution is 2.22. The summed E-state index contributed by atoms with van der Waals surface area (Å²) >= 11 is 5.18. The molecule has 21 heavy (non-hydrogen) atoms. The summed E-state index contributed by atoms with van der Waals surface area (Å²) in [5, 5.41) is 15.2. The Bertz CT molecular complexity index is 541. The van der Waals surface area contributed by atoms with Crippen molar-refractivity contribution in [3.63, 3.8) is 0 Å². The lowest BCUT2D eigenvalue weighted by atomic mass is 10.2. The first-order valence-corrected chi connectivity index (χ1v) is 8.68. The van der Waals surface area contributed by atoms with Gasteiger partial charge >= 0.3 is 0 Å². The van der Waals surface area contributed by atoms with Gasteiger partial charge in [-0.3, -0.25) is 0 Å². The smallest absolute Gasteiger partial charge is 0.119 e. The van der Waals surface area contributed by atoms with Gasteiger partial charge in [-0.15, -0.1) is 11.3 Å². The molecule has 1 unspecified atom stereocenters. The van der Waals surface area contributed by atoms with Crippen molar-refractivity contribution < 1.29 is 9.84 Å². The molecule has 0 amide bonds. The van der Waals surface area contributed by atoms with Gasteiger partial charge in [0.05, 0.1) is 0 Å². The molecule has 1 atom stereocenters. The fraction of sp³-hybridized carbons (Fsp3) is 0.375. The van der Waals surface area contributed by atoms with E-state index in [-0.39, 0.29) is 0 Å². The van der Waals surface area contributed by atoms with Gasteiger partial charge in [0.15, 0.2) is 0 Å². The fourth-order valence-corrected chi connectivity index (χ4v) is 3.34. The van der Waals surface area contributed by atoms with E-state index in [0.717, 1.165) is 23.2 Å². The van der Waals surface area contributed by atoms with Gasteiger partial charge in [-0.1, -0.05) is 19.1 Å². The summed E-state index contributed by atoms with van der Waals surface area (Å²) in [6.45, 7) is 3.68. The number of aliphatic hydroxyl groups is 1. The summed E-state index contributed by atoms with van der Waals surface area (Å²) in [4.78, 5) is 1.23. The molecule has 0 aliphatic carbocycles. The molecule has 2 N–H and O–H groups in total. The van der Waals surface area contributed by atoms with Gasteiger partial charge in [0.25, 0.3) is 0 Å². The second kappa shape index (κ2) is 8.54. The van der Waals surface area contributed by atoms with Crippen LogP contribution >= 0.6 is 27.3 Å². The van der Waals surface area contributed by atoms with Crippen LogP contribution in [0.4, 0.5) is 0 Å². The minimum atomic E-state index is -0.519. The Hall–Kier alpha value is -0.880. The van der Waals surface area contributed by atoms with E-state index < -0.39 is 6.10 Å². The Morgan fingerprint density at radius 1 is 1.29 bits per heavy atom. The maximum absolute atomic E-state index is 9.91. The lowest BCUT2D eigenvalue weighted by Crippen LogP contribution is -2.31. The molecule has 2 aromatic rings. The Balaban J connectivity index is 1.67.